The van der Waals surface area contributed by atoms with E-state index in [-0.39, 0.29) is 11.8 Å². The first-order valence-electron chi connectivity index (χ1n) is 11.1. The van der Waals surface area contributed by atoms with Gasteiger partial charge in [-0.25, -0.2) is 0 Å². The van der Waals surface area contributed by atoms with Crippen molar-refractivity contribution in [2.75, 3.05) is 36.4 Å². The minimum Gasteiger partial charge on any atom is -0.368 e. The summed E-state index contributed by atoms with van der Waals surface area (Å²) in [5.41, 5.74) is 3.52. The fraction of sp³-hybridized carbons (Fsp3) is 0.192. The number of nitrogens with one attached hydrogen (secondary N) is 1. The molecule has 5 rings (SSSR count). The highest BCUT2D eigenvalue weighted by Crippen LogP contribution is 2.25. The normalized spacial score (nSPS) is 13.8. The molecule has 6 nitrogen and oxygen atoms in total. The van der Waals surface area contributed by atoms with Crippen LogP contribution >= 0.6 is 23.1 Å². The highest BCUT2D eigenvalue weighted by molar-refractivity contribution is 7.13. The molecule has 1 N–H and O–H groups in total. The Morgan fingerprint density at radius 3 is 2.56 bits per heavy atom. The molecule has 0 saturated carbocycles. The zero-order valence-corrected chi connectivity index (χ0v) is 20.2. The van der Waals surface area contributed by atoms with Crippen LogP contribution in [0.15, 0.2) is 66.7 Å². The molecule has 1 aromatic heterocycles. The minimum absolute atomic E-state index is 0.0413. The Hall–Kier alpha value is -3.42. The molecular formula is C26H23ClN4O2S. The quantitative estimate of drug-likeness (QED) is 0.412. The second kappa shape index (κ2) is 9.44. The van der Waals surface area contributed by atoms with E-state index in [1.54, 1.807) is 6.07 Å². The molecule has 0 unspecified atom stereocenters. The molecule has 34 heavy (non-hydrogen) atoms. The number of carbonyl (C=O) groups is 2. The molecule has 2 amide bonds. The van der Waals surface area contributed by atoms with Gasteiger partial charge in [-0.1, -0.05) is 41.9 Å². The molecule has 0 bridgehead atoms. The number of amides is 2. The third-order valence-corrected chi connectivity index (χ3v) is 7.13. The zero-order chi connectivity index (χ0) is 23.7. The summed E-state index contributed by atoms with van der Waals surface area (Å²) in [5, 5.41) is 4.48. The summed E-state index contributed by atoms with van der Waals surface area (Å²) in [5.74, 6) is -0.319. The lowest BCUT2D eigenvalue weighted by atomic mass is 10.1. The van der Waals surface area contributed by atoms with Gasteiger partial charge in [0.05, 0.1) is 4.70 Å². The first kappa shape index (κ1) is 22.4. The van der Waals surface area contributed by atoms with Crippen LogP contribution in [0.2, 0.25) is 5.02 Å². The maximum atomic E-state index is 13.2. The van der Waals surface area contributed by atoms with Gasteiger partial charge in [-0.3, -0.25) is 9.59 Å². The maximum Gasteiger partial charge on any atom is 0.276 e. The Morgan fingerprint density at radius 1 is 0.971 bits per heavy atom. The van der Waals surface area contributed by atoms with Crippen molar-refractivity contribution < 1.29 is 9.59 Å². The Balaban J connectivity index is 1.29. The lowest BCUT2D eigenvalue weighted by Gasteiger charge is -2.36. The smallest absolute Gasteiger partial charge is 0.276 e. The van der Waals surface area contributed by atoms with Crippen LogP contribution < -0.4 is 10.2 Å². The summed E-state index contributed by atoms with van der Waals surface area (Å²) >= 11 is 7.42. The van der Waals surface area contributed by atoms with Gasteiger partial charge < -0.3 is 15.1 Å². The highest BCUT2D eigenvalue weighted by Gasteiger charge is 2.23. The average molecular weight is 491 g/mol. The number of aromatic nitrogens is 1. The molecule has 8 heteroatoms. The summed E-state index contributed by atoms with van der Waals surface area (Å²) in [6.07, 6.45) is 0. The van der Waals surface area contributed by atoms with Crippen molar-refractivity contribution in [2.45, 2.75) is 6.92 Å². The van der Waals surface area contributed by atoms with E-state index in [9.17, 15) is 9.59 Å². The molecule has 3 aromatic carbocycles. The maximum absolute atomic E-state index is 13.2. The second-order valence-electron chi connectivity index (χ2n) is 8.27. The van der Waals surface area contributed by atoms with Gasteiger partial charge in [0.2, 0.25) is 0 Å². The predicted molar refractivity (Wildman–Crippen MR) is 138 cm³/mol. The van der Waals surface area contributed by atoms with Crippen LogP contribution in [0, 0.1) is 6.92 Å². The Kier molecular flexibility index (Phi) is 6.22. The summed E-state index contributed by atoms with van der Waals surface area (Å²) in [6.45, 7) is 4.61. The van der Waals surface area contributed by atoms with Crippen LogP contribution in [0.1, 0.15) is 26.4 Å². The molecule has 0 radical (unpaired) electrons. The number of aryl methyl sites for hydroxylation is 1. The van der Waals surface area contributed by atoms with Crippen molar-refractivity contribution in [1.29, 1.82) is 0 Å². The monoisotopic (exact) mass is 490 g/mol. The fourth-order valence-corrected chi connectivity index (χ4v) is 5.10. The molecule has 4 aromatic rings. The summed E-state index contributed by atoms with van der Waals surface area (Å²) in [6, 6.07) is 20.9. The molecule has 172 valence electrons. The standard InChI is InChI=1S/C26H23ClN4O2S/c1-17-9-10-18(15-22(17)28-25(32)24-21-7-2-3-8-23(21)34-29-24)26(33)31-13-11-30(12-14-31)20-6-4-5-19(27)16-20/h2-10,15-16H,11-14H2,1H3,(H,28,32). The van der Waals surface area contributed by atoms with Gasteiger partial charge in [-0.15, -0.1) is 0 Å². The van der Waals surface area contributed by atoms with Crippen LogP contribution in [0.3, 0.4) is 0 Å². The number of rotatable bonds is 4. The van der Waals surface area contributed by atoms with E-state index in [1.165, 1.54) is 11.5 Å². The number of fused-ring (bicyclic) bond motifs is 1. The van der Waals surface area contributed by atoms with E-state index in [0.29, 0.717) is 35.1 Å². The molecule has 0 atom stereocenters. The van der Waals surface area contributed by atoms with Gasteiger partial charge in [0.15, 0.2) is 0 Å². The van der Waals surface area contributed by atoms with E-state index >= 15 is 0 Å². The molecule has 1 fully saturated rings. The highest BCUT2D eigenvalue weighted by atomic mass is 35.5. The average Bonchev–Trinajstić information content (AvgIpc) is 3.29. The summed E-state index contributed by atoms with van der Waals surface area (Å²) in [4.78, 5) is 30.2. The number of halogens is 1. The third-order valence-electron chi connectivity index (χ3n) is 6.07. The van der Waals surface area contributed by atoms with Crippen molar-refractivity contribution in [3.05, 3.63) is 88.6 Å². The Bertz CT molecular complexity index is 1380. The lowest BCUT2D eigenvalue weighted by Crippen LogP contribution is -2.48. The number of nitrogens with zero attached hydrogens (tertiary/aromatic N) is 3. The molecule has 2 heterocycles. The molecule has 1 aliphatic rings. The van der Waals surface area contributed by atoms with Gasteiger partial charge >= 0.3 is 0 Å². The minimum atomic E-state index is -0.278. The van der Waals surface area contributed by atoms with E-state index < -0.39 is 0 Å². The summed E-state index contributed by atoms with van der Waals surface area (Å²) < 4.78 is 5.29. The zero-order valence-electron chi connectivity index (χ0n) is 18.6. The number of hydrogen-bond donors (Lipinski definition) is 1. The topological polar surface area (TPSA) is 65.5 Å². The predicted octanol–water partition coefficient (Wildman–Crippen LogP) is 5.47. The number of anilines is 2. The van der Waals surface area contributed by atoms with Crippen molar-refractivity contribution in [3.63, 3.8) is 0 Å². The van der Waals surface area contributed by atoms with Crippen LogP contribution in [-0.2, 0) is 0 Å². The fourth-order valence-electron chi connectivity index (χ4n) is 4.14. The Morgan fingerprint density at radius 2 is 1.76 bits per heavy atom. The third kappa shape index (κ3) is 4.49. The first-order chi connectivity index (χ1) is 16.5. The largest absolute Gasteiger partial charge is 0.368 e. The summed E-state index contributed by atoms with van der Waals surface area (Å²) in [7, 11) is 0. The van der Waals surface area contributed by atoms with Crippen LogP contribution in [0.25, 0.3) is 10.1 Å². The van der Waals surface area contributed by atoms with Gasteiger partial charge in [0.25, 0.3) is 11.8 Å². The van der Waals surface area contributed by atoms with Gasteiger partial charge in [0.1, 0.15) is 5.69 Å². The van der Waals surface area contributed by atoms with E-state index in [2.05, 4.69) is 14.6 Å². The molecule has 0 spiro atoms. The molecular weight excluding hydrogens is 468 g/mol. The molecule has 1 aliphatic heterocycles. The van der Waals surface area contributed by atoms with Crippen LogP contribution in [-0.4, -0.2) is 47.3 Å². The second-order valence-corrected chi connectivity index (χ2v) is 9.51. The number of piperazine rings is 1. The molecule has 0 aliphatic carbocycles. The van der Waals surface area contributed by atoms with Gasteiger partial charge in [0, 0.05) is 53.5 Å². The lowest BCUT2D eigenvalue weighted by molar-refractivity contribution is 0.0746. The van der Waals surface area contributed by atoms with E-state index in [0.717, 1.165) is 34.4 Å². The van der Waals surface area contributed by atoms with Gasteiger partial charge in [-0.05, 0) is 60.4 Å². The van der Waals surface area contributed by atoms with Crippen LogP contribution in [0.5, 0.6) is 0 Å². The molecule has 1 saturated heterocycles. The number of benzene rings is 3. The van der Waals surface area contributed by atoms with Crippen molar-refractivity contribution in [1.82, 2.24) is 9.27 Å². The Labute approximate surface area is 206 Å². The van der Waals surface area contributed by atoms with Crippen molar-refractivity contribution in [3.8, 4) is 0 Å². The van der Waals surface area contributed by atoms with E-state index in [4.69, 9.17) is 11.6 Å². The number of hydrogen-bond acceptors (Lipinski definition) is 5. The van der Waals surface area contributed by atoms with Gasteiger partial charge in [-0.2, -0.15) is 4.37 Å². The van der Waals surface area contributed by atoms with Crippen molar-refractivity contribution in [2.24, 2.45) is 0 Å². The SMILES string of the molecule is Cc1ccc(C(=O)N2CCN(c3cccc(Cl)c3)CC2)cc1NC(=O)c1nsc2ccccc12. The van der Waals surface area contributed by atoms with E-state index in [1.807, 2.05) is 72.5 Å². The first-order valence-corrected chi connectivity index (χ1v) is 12.2. The number of carbonyl (C=O) groups excluding carboxylic acids is 2. The van der Waals surface area contributed by atoms with Crippen LogP contribution in [0.4, 0.5) is 11.4 Å². The van der Waals surface area contributed by atoms with Crippen molar-refractivity contribution >= 4 is 56.4 Å².